The van der Waals surface area contributed by atoms with Crippen LogP contribution in [0.2, 0.25) is 0 Å². The van der Waals surface area contributed by atoms with Crippen molar-refractivity contribution in [3.63, 3.8) is 0 Å². The van der Waals surface area contributed by atoms with Gasteiger partial charge in [0.25, 0.3) is 0 Å². The summed E-state index contributed by atoms with van der Waals surface area (Å²) in [6.07, 6.45) is 1.11. The molecule has 1 fully saturated rings. The van der Waals surface area contributed by atoms with Crippen molar-refractivity contribution < 1.29 is 9.63 Å². The fourth-order valence-corrected chi connectivity index (χ4v) is 1.37. The Kier molecular flexibility index (Phi) is 2.08. The molecule has 1 saturated carbocycles. The van der Waals surface area contributed by atoms with Crippen LogP contribution in [-0.4, -0.2) is 21.9 Å². The van der Waals surface area contributed by atoms with Crippen LogP contribution in [0.25, 0.3) is 0 Å². The Morgan fingerprint density at radius 2 is 2.36 bits per heavy atom. The second-order valence-corrected chi connectivity index (χ2v) is 4.35. The maximum Gasteiger partial charge on any atom is 0.248 e. The van der Waals surface area contributed by atoms with Crippen molar-refractivity contribution in [3.05, 3.63) is 11.7 Å². The van der Waals surface area contributed by atoms with Crippen LogP contribution in [0.15, 0.2) is 4.52 Å². The van der Waals surface area contributed by atoms with E-state index in [-0.39, 0.29) is 6.61 Å². The standard InChI is InChI=1S/C9H15N3O2/c1-5-3-6(5)7-11-8(14-12-7)9(2,10)4-13/h5-6,13H,3-4,10H2,1-2H3. The lowest BCUT2D eigenvalue weighted by molar-refractivity contribution is 0.173. The van der Waals surface area contributed by atoms with Crippen LogP contribution in [0.3, 0.4) is 0 Å². The Bertz CT molecular complexity index is 335. The smallest absolute Gasteiger partial charge is 0.248 e. The average molecular weight is 197 g/mol. The molecule has 5 heteroatoms. The highest BCUT2D eigenvalue weighted by Gasteiger charge is 2.39. The van der Waals surface area contributed by atoms with E-state index in [1.54, 1.807) is 6.92 Å². The summed E-state index contributed by atoms with van der Waals surface area (Å²) in [5.74, 6) is 2.09. The Morgan fingerprint density at radius 1 is 1.71 bits per heavy atom. The van der Waals surface area contributed by atoms with Crippen LogP contribution in [-0.2, 0) is 5.54 Å². The van der Waals surface area contributed by atoms with Crippen molar-refractivity contribution in [2.45, 2.75) is 31.7 Å². The third-order valence-electron chi connectivity index (χ3n) is 2.70. The summed E-state index contributed by atoms with van der Waals surface area (Å²) in [5.41, 5.74) is 4.83. The minimum atomic E-state index is -0.927. The molecule has 1 aromatic heterocycles. The predicted molar refractivity (Wildman–Crippen MR) is 49.4 cm³/mol. The lowest BCUT2D eigenvalue weighted by Gasteiger charge is -2.15. The Hall–Kier alpha value is -0.940. The minimum absolute atomic E-state index is 0.200. The number of hydrogen-bond acceptors (Lipinski definition) is 5. The summed E-state index contributed by atoms with van der Waals surface area (Å²) in [7, 11) is 0. The van der Waals surface area contributed by atoms with Crippen LogP contribution >= 0.6 is 0 Å². The Morgan fingerprint density at radius 3 is 2.86 bits per heavy atom. The number of aliphatic hydroxyl groups is 1. The number of rotatable bonds is 3. The van der Waals surface area contributed by atoms with Crippen LogP contribution in [0.1, 0.15) is 37.9 Å². The number of aliphatic hydroxyl groups excluding tert-OH is 1. The van der Waals surface area contributed by atoms with Gasteiger partial charge in [0.2, 0.25) is 5.89 Å². The zero-order chi connectivity index (χ0) is 10.3. The summed E-state index contributed by atoms with van der Waals surface area (Å²) >= 11 is 0. The number of nitrogens with zero attached hydrogens (tertiary/aromatic N) is 2. The fraction of sp³-hybridized carbons (Fsp3) is 0.778. The summed E-state index contributed by atoms with van der Waals surface area (Å²) < 4.78 is 5.02. The zero-order valence-corrected chi connectivity index (χ0v) is 8.40. The minimum Gasteiger partial charge on any atom is -0.394 e. The molecule has 0 amide bonds. The van der Waals surface area contributed by atoms with Gasteiger partial charge in [-0.2, -0.15) is 4.98 Å². The van der Waals surface area contributed by atoms with Gasteiger partial charge >= 0.3 is 0 Å². The molecular formula is C9H15N3O2. The second-order valence-electron chi connectivity index (χ2n) is 4.35. The molecule has 14 heavy (non-hydrogen) atoms. The molecule has 3 unspecified atom stereocenters. The summed E-state index contributed by atoms with van der Waals surface area (Å²) in [4.78, 5) is 4.20. The molecule has 3 atom stereocenters. The van der Waals surface area contributed by atoms with Crippen molar-refractivity contribution in [1.82, 2.24) is 10.1 Å². The maximum atomic E-state index is 9.01. The van der Waals surface area contributed by atoms with Crippen LogP contribution in [0.5, 0.6) is 0 Å². The summed E-state index contributed by atoms with van der Waals surface area (Å²) in [6, 6.07) is 0. The van der Waals surface area contributed by atoms with Crippen molar-refractivity contribution in [1.29, 1.82) is 0 Å². The van der Waals surface area contributed by atoms with Crippen LogP contribution in [0, 0.1) is 5.92 Å². The summed E-state index contributed by atoms with van der Waals surface area (Å²) in [5, 5.41) is 12.9. The first-order valence-electron chi connectivity index (χ1n) is 4.78. The van der Waals surface area contributed by atoms with E-state index in [1.165, 1.54) is 0 Å². The van der Waals surface area contributed by atoms with Crippen LogP contribution < -0.4 is 5.73 Å². The second kappa shape index (κ2) is 3.03. The van der Waals surface area contributed by atoms with Crippen molar-refractivity contribution in [3.8, 4) is 0 Å². The molecule has 78 valence electrons. The van der Waals surface area contributed by atoms with E-state index < -0.39 is 5.54 Å². The normalized spacial score (nSPS) is 30.0. The summed E-state index contributed by atoms with van der Waals surface area (Å²) in [6.45, 7) is 3.61. The SMILES string of the molecule is CC1CC1c1noc(C(C)(N)CO)n1. The van der Waals surface area contributed by atoms with E-state index in [9.17, 15) is 0 Å². The molecular weight excluding hydrogens is 182 g/mol. The Balaban J connectivity index is 2.17. The van der Waals surface area contributed by atoms with Gasteiger partial charge in [-0.05, 0) is 19.3 Å². The van der Waals surface area contributed by atoms with Gasteiger partial charge in [-0.1, -0.05) is 12.1 Å². The Labute approximate surface area is 82.3 Å². The molecule has 1 aliphatic carbocycles. The monoisotopic (exact) mass is 197 g/mol. The van der Waals surface area contributed by atoms with Gasteiger partial charge < -0.3 is 15.4 Å². The zero-order valence-electron chi connectivity index (χ0n) is 8.40. The van der Waals surface area contributed by atoms with E-state index in [4.69, 9.17) is 15.4 Å². The first kappa shape index (κ1) is 9.61. The largest absolute Gasteiger partial charge is 0.394 e. The topological polar surface area (TPSA) is 85.2 Å². The molecule has 2 rings (SSSR count). The molecule has 0 aliphatic heterocycles. The number of nitrogens with two attached hydrogens (primary N) is 1. The van der Waals surface area contributed by atoms with Crippen molar-refractivity contribution in [2.75, 3.05) is 6.61 Å². The molecule has 0 radical (unpaired) electrons. The van der Waals surface area contributed by atoms with Gasteiger partial charge in [0.1, 0.15) is 5.54 Å². The van der Waals surface area contributed by atoms with Gasteiger partial charge in [-0.25, -0.2) is 0 Å². The molecule has 1 aliphatic rings. The first-order chi connectivity index (χ1) is 6.54. The van der Waals surface area contributed by atoms with E-state index in [2.05, 4.69) is 17.1 Å². The molecule has 0 aromatic carbocycles. The quantitative estimate of drug-likeness (QED) is 0.730. The highest BCUT2D eigenvalue weighted by Crippen LogP contribution is 2.45. The van der Waals surface area contributed by atoms with Crippen LogP contribution in [0.4, 0.5) is 0 Å². The fourth-order valence-electron chi connectivity index (χ4n) is 1.37. The molecule has 3 N–H and O–H groups in total. The van der Waals surface area contributed by atoms with Gasteiger partial charge in [-0.3, -0.25) is 0 Å². The molecule has 1 heterocycles. The lowest BCUT2D eigenvalue weighted by Crippen LogP contribution is -2.37. The molecule has 5 nitrogen and oxygen atoms in total. The third-order valence-corrected chi connectivity index (χ3v) is 2.70. The first-order valence-corrected chi connectivity index (χ1v) is 4.78. The van der Waals surface area contributed by atoms with Crippen molar-refractivity contribution >= 4 is 0 Å². The van der Waals surface area contributed by atoms with E-state index >= 15 is 0 Å². The van der Waals surface area contributed by atoms with Gasteiger partial charge in [-0.15, -0.1) is 0 Å². The van der Waals surface area contributed by atoms with Gasteiger partial charge in [0.05, 0.1) is 6.61 Å². The van der Waals surface area contributed by atoms with Gasteiger partial charge in [0.15, 0.2) is 5.82 Å². The number of hydrogen-bond donors (Lipinski definition) is 2. The highest BCUT2D eigenvalue weighted by molar-refractivity contribution is 5.10. The third kappa shape index (κ3) is 1.53. The molecule has 0 spiro atoms. The molecule has 0 bridgehead atoms. The van der Waals surface area contributed by atoms with E-state index in [0.717, 1.165) is 12.2 Å². The average Bonchev–Trinajstić information content (AvgIpc) is 2.70. The maximum absolute atomic E-state index is 9.01. The van der Waals surface area contributed by atoms with E-state index in [1.807, 2.05) is 0 Å². The predicted octanol–water partition coefficient (Wildman–Crippen LogP) is 0.359. The number of aromatic nitrogens is 2. The highest BCUT2D eigenvalue weighted by atomic mass is 16.5. The van der Waals surface area contributed by atoms with Crippen molar-refractivity contribution in [2.24, 2.45) is 11.7 Å². The lowest BCUT2D eigenvalue weighted by atomic mass is 10.1. The van der Waals surface area contributed by atoms with Gasteiger partial charge in [0, 0.05) is 5.92 Å². The molecule has 1 aromatic rings. The molecule has 0 saturated heterocycles. The van der Waals surface area contributed by atoms with E-state index in [0.29, 0.717) is 17.7 Å².